The molecule has 0 radical (unpaired) electrons. The molecule has 0 saturated carbocycles. The van der Waals surface area contributed by atoms with Crippen molar-refractivity contribution in [2.45, 2.75) is 46.6 Å². The van der Waals surface area contributed by atoms with Gasteiger partial charge in [0.05, 0.1) is 0 Å². The Morgan fingerprint density at radius 1 is 1.29 bits per heavy atom. The standard InChI is InChI=1S/C17H27ClN2O/c1-17(2,3)14(10-11-19)8-9-16(21)20-12-13-6-4-5-7-15(13)18/h4-7,14H,8-12,19H2,1-3H3,(H,20,21). The fourth-order valence-electron chi connectivity index (χ4n) is 2.44. The third-order valence-electron chi connectivity index (χ3n) is 3.89. The topological polar surface area (TPSA) is 55.1 Å². The molecule has 4 heteroatoms. The highest BCUT2D eigenvalue weighted by molar-refractivity contribution is 6.31. The Hall–Kier alpha value is -1.06. The molecule has 0 fully saturated rings. The van der Waals surface area contributed by atoms with Crippen molar-refractivity contribution in [1.29, 1.82) is 0 Å². The third-order valence-corrected chi connectivity index (χ3v) is 4.26. The summed E-state index contributed by atoms with van der Waals surface area (Å²) in [5, 5.41) is 3.62. The number of amides is 1. The molecule has 0 aliphatic rings. The third kappa shape index (κ3) is 6.49. The zero-order valence-corrected chi connectivity index (χ0v) is 14.0. The lowest BCUT2D eigenvalue weighted by Gasteiger charge is -2.30. The van der Waals surface area contributed by atoms with Crippen LogP contribution in [0.3, 0.4) is 0 Å². The molecular weight excluding hydrogens is 284 g/mol. The second kappa shape index (κ2) is 8.40. The van der Waals surface area contributed by atoms with E-state index in [-0.39, 0.29) is 11.3 Å². The van der Waals surface area contributed by atoms with Gasteiger partial charge >= 0.3 is 0 Å². The number of nitrogens with one attached hydrogen (secondary N) is 1. The van der Waals surface area contributed by atoms with Gasteiger partial charge in [0.25, 0.3) is 0 Å². The van der Waals surface area contributed by atoms with Gasteiger partial charge in [-0.3, -0.25) is 4.79 Å². The van der Waals surface area contributed by atoms with E-state index in [9.17, 15) is 4.79 Å². The van der Waals surface area contributed by atoms with Gasteiger partial charge in [-0.2, -0.15) is 0 Å². The van der Waals surface area contributed by atoms with E-state index in [2.05, 4.69) is 26.1 Å². The molecule has 0 aromatic heterocycles. The van der Waals surface area contributed by atoms with Gasteiger partial charge in [0.1, 0.15) is 0 Å². The molecule has 21 heavy (non-hydrogen) atoms. The van der Waals surface area contributed by atoms with Crippen LogP contribution >= 0.6 is 11.6 Å². The molecule has 0 heterocycles. The Bertz CT molecular complexity index is 454. The highest BCUT2D eigenvalue weighted by Crippen LogP contribution is 2.32. The quantitative estimate of drug-likeness (QED) is 0.806. The maximum absolute atomic E-state index is 12.0. The number of carbonyl (C=O) groups is 1. The first-order chi connectivity index (χ1) is 9.84. The average Bonchev–Trinajstić information content (AvgIpc) is 2.41. The smallest absolute Gasteiger partial charge is 0.220 e. The molecule has 1 rings (SSSR count). The molecule has 0 aliphatic carbocycles. The van der Waals surface area contributed by atoms with Crippen molar-refractivity contribution in [2.75, 3.05) is 6.54 Å². The first-order valence-corrected chi connectivity index (χ1v) is 7.92. The van der Waals surface area contributed by atoms with Crippen LogP contribution in [0.25, 0.3) is 0 Å². The van der Waals surface area contributed by atoms with Crippen LogP contribution in [0.1, 0.15) is 45.6 Å². The van der Waals surface area contributed by atoms with Crippen molar-refractivity contribution >= 4 is 17.5 Å². The van der Waals surface area contributed by atoms with Gasteiger partial charge in [-0.05, 0) is 42.3 Å². The summed E-state index contributed by atoms with van der Waals surface area (Å²) in [6.45, 7) is 7.76. The number of carbonyl (C=O) groups excluding carboxylic acids is 1. The summed E-state index contributed by atoms with van der Waals surface area (Å²) in [6.07, 6.45) is 2.36. The van der Waals surface area contributed by atoms with E-state index in [0.717, 1.165) is 18.4 Å². The molecule has 1 unspecified atom stereocenters. The minimum absolute atomic E-state index is 0.0705. The van der Waals surface area contributed by atoms with Crippen molar-refractivity contribution < 1.29 is 4.79 Å². The molecule has 1 aromatic carbocycles. The predicted molar refractivity (Wildman–Crippen MR) is 89.1 cm³/mol. The monoisotopic (exact) mass is 310 g/mol. The van der Waals surface area contributed by atoms with E-state index in [1.54, 1.807) is 0 Å². The molecule has 1 amide bonds. The van der Waals surface area contributed by atoms with Crippen molar-refractivity contribution in [1.82, 2.24) is 5.32 Å². The molecular formula is C17H27ClN2O. The van der Waals surface area contributed by atoms with Crippen LogP contribution in [0, 0.1) is 11.3 Å². The predicted octanol–water partition coefficient (Wildman–Crippen LogP) is 3.75. The Balaban J connectivity index is 2.41. The first-order valence-electron chi connectivity index (χ1n) is 7.54. The molecule has 1 atom stereocenters. The normalized spacial score (nSPS) is 13.0. The largest absolute Gasteiger partial charge is 0.352 e. The summed E-state index contributed by atoms with van der Waals surface area (Å²) in [5.74, 6) is 0.537. The van der Waals surface area contributed by atoms with Gasteiger partial charge in [-0.1, -0.05) is 50.6 Å². The van der Waals surface area contributed by atoms with Crippen molar-refractivity contribution in [3.63, 3.8) is 0 Å². The molecule has 3 nitrogen and oxygen atoms in total. The van der Waals surface area contributed by atoms with Gasteiger partial charge in [-0.25, -0.2) is 0 Å². The summed E-state index contributed by atoms with van der Waals surface area (Å²) in [6, 6.07) is 7.56. The van der Waals surface area contributed by atoms with Crippen molar-refractivity contribution in [3.05, 3.63) is 34.9 Å². The van der Waals surface area contributed by atoms with Crippen molar-refractivity contribution in [3.8, 4) is 0 Å². The van der Waals surface area contributed by atoms with E-state index in [1.807, 2.05) is 24.3 Å². The molecule has 1 aromatic rings. The van der Waals surface area contributed by atoms with Gasteiger partial charge in [0, 0.05) is 18.0 Å². The number of benzene rings is 1. The van der Waals surface area contributed by atoms with Crippen molar-refractivity contribution in [2.24, 2.45) is 17.1 Å². The fourth-order valence-corrected chi connectivity index (χ4v) is 2.64. The van der Waals surface area contributed by atoms with Crippen LogP contribution in [0.4, 0.5) is 0 Å². The number of rotatable bonds is 7. The van der Waals surface area contributed by atoms with Crippen LogP contribution in [0.15, 0.2) is 24.3 Å². The first kappa shape index (κ1) is 18.0. The van der Waals surface area contributed by atoms with E-state index in [4.69, 9.17) is 17.3 Å². The lowest BCUT2D eigenvalue weighted by atomic mass is 9.76. The zero-order valence-electron chi connectivity index (χ0n) is 13.3. The van der Waals surface area contributed by atoms with E-state index in [0.29, 0.717) is 30.5 Å². The molecule has 118 valence electrons. The van der Waals surface area contributed by atoms with Crippen LogP contribution < -0.4 is 11.1 Å². The number of nitrogens with two attached hydrogens (primary N) is 1. The Morgan fingerprint density at radius 3 is 2.52 bits per heavy atom. The number of hydrogen-bond donors (Lipinski definition) is 2. The summed E-state index contributed by atoms with van der Waals surface area (Å²) < 4.78 is 0. The van der Waals surface area contributed by atoms with E-state index >= 15 is 0 Å². The minimum atomic E-state index is 0.0705. The number of hydrogen-bond acceptors (Lipinski definition) is 2. The van der Waals surface area contributed by atoms with Crippen LogP contribution in [0.5, 0.6) is 0 Å². The summed E-state index contributed by atoms with van der Waals surface area (Å²) >= 11 is 6.07. The lowest BCUT2D eigenvalue weighted by Crippen LogP contribution is -2.27. The highest BCUT2D eigenvalue weighted by atomic mass is 35.5. The fraction of sp³-hybridized carbons (Fsp3) is 0.588. The van der Waals surface area contributed by atoms with E-state index < -0.39 is 0 Å². The maximum atomic E-state index is 12.0. The molecule has 0 bridgehead atoms. The summed E-state index contributed by atoms with van der Waals surface area (Å²) in [7, 11) is 0. The van der Waals surface area contributed by atoms with Crippen LogP contribution in [-0.4, -0.2) is 12.5 Å². The Morgan fingerprint density at radius 2 is 1.95 bits per heavy atom. The van der Waals surface area contributed by atoms with Crippen LogP contribution in [-0.2, 0) is 11.3 Å². The number of halogens is 1. The van der Waals surface area contributed by atoms with Gasteiger partial charge in [-0.15, -0.1) is 0 Å². The van der Waals surface area contributed by atoms with Gasteiger partial charge in [0.15, 0.2) is 0 Å². The second-order valence-corrected chi connectivity index (χ2v) is 6.95. The Labute approximate surface area is 133 Å². The highest BCUT2D eigenvalue weighted by Gasteiger charge is 2.24. The average molecular weight is 311 g/mol. The van der Waals surface area contributed by atoms with Crippen LogP contribution in [0.2, 0.25) is 5.02 Å². The molecule has 3 N–H and O–H groups in total. The Kier molecular flexibility index (Phi) is 7.20. The molecule has 0 saturated heterocycles. The second-order valence-electron chi connectivity index (χ2n) is 6.55. The van der Waals surface area contributed by atoms with Gasteiger partial charge < -0.3 is 11.1 Å². The zero-order chi connectivity index (χ0) is 15.9. The van der Waals surface area contributed by atoms with E-state index in [1.165, 1.54) is 0 Å². The molecule has 0 spiro atoms. The summed E-state index contributed by atoms with van der Waals surface area (Å²) in [5.41, 5.74) is 6.80. The minimum Gasteiger partial charge on any atom is -0.352 e. The molecule has 0 aliphatic heterocycles. The SMILES string of the molecule is CC(C)(C)C(CCN)CCC(=O)NCc1ccccc1Cl. The lowest BCUT2D eigenvalue weighted by molar-refractivity contribution is -0.121. The summed E-state index contributed by atoms with van der Waals surface area (Å²) in [4.78, 5) is 12.0. The maximum Gasteiger partial charge on any atom is 0.220 e. The van der Waals surface area contributed by atoms with Gasteiger partial charge in [0.2, 0.25) is 5.91 Å².